The molecule has 0 amide bonds. The summed E-state index contributed by atoms with van der Waals surface area (Å²) < 4.78 is 21.0. The van der Waals surface area contributed by atoms with Gasteiger partial charge in [0.1, 0.15) is 0 Å². The van der Waals surface area contributed by atoms with E-state index in [1.54, 1.807) is 18.2 Å². The Labute approximate surface area is 87.5 Å². The van der Waals surface area contributed by atoms with E-state index in [0.29, 0.717) is 16.5 Å². The zero-order valence-corrected chi connectivity index (χ0v) is 8.41. The molecule has 0 aliphatic carbocycles. The van der Waals surface area contributed by atoms with Crippen LogP contribution in [0.15, 0.2) is 29.3 Å². The second kappa shape index (κ2) is 3.92. The van der Waals surface area contributed by atoms with Crippen LogP contribution in [0.3, 0.4) is 0 Å². The van der Waals surface area contributed by atoms with Crippen LogP contribution in [0.1, 0.15) is 5.56 Å². The quantitative estimate of drug-likeness (QED) is 0.742. The number of fused-ring (bicyclic) bond motifs is 1. The predicted molar refractivity (Wildman–Crippen MR) is 55.0 cm³/mol. The van der Waals surface area contributed by atoms with Crippen LogP contribution in [-0.4, -0.2) is 18.7 Å². The standard InChI is InChI=1S/C9H8N2O3S/c12-9-7-2-1-6(4-15(13)14)3-8(7)10-5-11-9/h1-3,5H,4H2,(H,13,14)(H,10,11,12)/p-1. The molecule has 1 aromatic carbocycles. The van der Waals surface area contributed by atoms with Gasteiger partial charge in [-0.05, 0) is 17.7 Å². The van der Waals surface area contributed by atoms with Crippen molar-refractivity contribution in [2.45, 2.75) is 5.75 Å². The second-order valence-electron chi connectivity index (χ2n) is 3.03. The Morgan fingerprint density at radius 3 is 3.00 bits per heavy atom. The predicted octanol–water partition coefficient (Wildman–Crippen LogP) is 0.302. The number of H-pyrrole nitrogens is 1. The van der Waals surface area contributed by atoms with Gasteiger partial charge in [-0.2, -0.15) is 0 Å². The molecule has 1 N–H and O–H groups in total. The second-order valence-corrected chi connectivity index (χ2v) is 3.93. The van der Waals surface area contributed by atoms with E-state index in [1.807, 2.05) is 0 Å². The summed E-state index contributed by atoms with van der Waals surface area (Å²) in [7, 11) is 0. The van der Waals surface area contributed by atoms with Gasteiger partial charge in [-0.3, -0.25) is 9.00 Å². The number of aromatic nitrogens is 2. The van der Waals surface area contributed by atoms with Crippen LogP contribution in [0.4, 0.5) is 0 Å². The van der Waals surface area contributed by atoms with Gasteiger partial charge in [0, 0.05) is 5.75 Å². The van der Waals surface area contributed by atoms with Crippen LogP contribution in [0.2, 0.25) is 0 Å². The van der Waals surface area contributed by atoms with Crippen molar-refractivity contribution >= 4 is 22.0 Å². The fraction of sp³-hybridized carbons (Fsp3) is 0.111. The Balaban J connectivity index is 2.57. The van der Waals surface area contributed by atoms with Crippen LogP contribution in [-0.2, 0) is 16.8 Å². The molecule has 2 aromatic rings. The first-order chi connectivity index (χ1) is 7.16. The first-order valence-electron chi connectivity index (χ1n) is 4.19. The lowest BCUT2D eigenvalue weighted by molar-refractivity contribution is 0.536. The Morgan fingerprint density at radius 1 is 1.47 bits per heavy atom. The summed E-state index contributed by atoms with van der Waals surface area (Å²) in [5.41, 5.74) is 0.894. The zero-order valence-electron chi connectivity index (χ0n) is 7.60. The maximum Gasteiger partial charge on any atom is 0.258 e. The third-order valence-corrected chi connectivity index (χ3v) is 2.56. The summed E-state index contributed by atoms with van der Waals surface area (Å²) in [6.07, 6.45) is 1.29. The van der Waals surface area contributed by atoms with Gasteiger partial charge in [0.25, 0.3) is 5.56 Å². The molecular weight excluding hydrogens is 216 g/mol. The summed E-state index contributed by atoms with van der Waals surface area (Å²) in [5.74, 6) is -0.0651. The summed E-state index contributed by atoms with van der Waals surface area (Å²) in [6.45, 7) is 0. The normalized spacial score (nSPS) is 12.9. The summed E-state index contributed by atoms with van der Waals surface area (Å²) in [5, 5.41) is 0.456. The molecule has 5 nitrogen and oxygen atoms in total. The molecule has 6 heteroatoms. The van der Waals surface area contributed by atoms with Gasteiger partial charge in [-0.15, -0.1) is 0 Å². The van der Waals surface area contributed by atoms with Crippen molar-refractivity contribution < 1.29 is 8.76 Å². The highest BCUT2D eigenvalue weighted by Crippen LogP contribution is 2.10. The van der Waals surface area contributed by atoms with E-state index in [9.17, 15) is 13.6 Å². The number of rotatable bonds is 2. The molecule has 0 saturated heterocycles. The molecule has 1 heterocycles. The van der Waals surface area contributed by atoms with E-state index in [-0.39, 0.29) is 11.3 Å². The van der Waals surface area contributed by atoms with Gasteiger partial charge in [0.05, 0.1) is 17.2 Å². The van der Waals surface area contributed by atoms with Crippen molar-refractivity contribution in [3.63, 3.8) is 0 Å². The number of benzene rings is 1. The van der Waals surface area contributed by atoms with Crippen LogP contribution in [0.5, 0.6) is 0 Å². The van der Waals surface area contributed by atoms with Crippen molar-refractivity contribution in [2.24, 2.45) is 0 Å². The molecule has 0 aliphatic rings. The smallest absolute Gasteiger partial charge is 0.258 e. The number of hydrogen-bond donors (Lipinski definition) is 1. The molecule has 1 aromatic heterocycles. The number of nitrogens with one attached hydrogen (secondary N) is 1. The minimum absolute atomic E-state index is 0.0651. The topological polar surface area (TPSA) is 85.9 Å². The first kappa shape index (κ1) is 10.0. The minimum atomic E-state index is -2.13. The van der Waals surface area contributed by atoms with Crippen molar-refractivity contribution in [3.05, 3.63) is 40.4 Å². The molecule has 0 fully saturated rings. The van der Waals surface area contributed by atoms with Crippen LogP contribution in [0, 0.1) is 0 Å². The average molecular weight is 223 g/mol. The molecule has 0 aliphatic heterocycles. The van der Waals surface area contributed by atoms with E-state index < -0.39 is 11.1 Å². The third kappa shape index (κ3) is 2.11. The van der Waals surface area contributed by atoms with Crippen molar-refractivity contribution in [1.29, 1.82) is 0 Å². The fourth-order valence-corrected chi connectivity index (χ4v) is 1.79. The number of hydrogen-bond acceptors (Lipinski definition) is 4. The highest BCUT2D eigenvalue weighted by atomic mass is 32.2. The van der Waals surface area contributed by atoms with Gasteiger partial charge in [0.2, 0.25) is 0 Å². The van der Waals surface area contributed by atoms with Gasteiger partial charge in [0.15, 0.2) is 0 Å². The summed E-state index contributed by atoms with van der Waals surface area (Å²) >= 11 is -2.13. The van der Waals surface area contributed by atoms with Crippen LogP contribution >= 0.6 is 0 Å². The van der Waals surface area contributed by atoms with E-state index >= 15 is 0 Å². The average Bonchev–Trinajstić information content (AvgIpc) is 2.17. The largest absolute Gasteiger partial charge is 0.772 e. The lowest BCUT2D eigenvalue weighted by atomic mass is 10.2. The monoisotopic (exact) mass is 223 g/mol. The van der Waals surface area contributed by atoms with Gasteiger partial charge in [-0.25, -0.2) is 4.98 Å². The zero-order chi connectivity index (χ0) is 10.8. The van der Waals surface area contributed by atoms with E-state index in [0.717, 1.165) is 0 Å². The highest BCUT2D eigenvalue weighted by molar-refractivity contribution is 7.78. The van der Waals surface area contributed by atoms with Crippen molar-refractivity contribution in [3.8, 4) is 0 Å². The molecule has 0 spiro atoms. The Kier molecular flexibility index (Phi) is 2.61. The molecule has 15 heavy (non-hydrogen) atoms. The fourth-order valence-electron chi connectivity index (χ4n) is 1.34. The SMILES string of the molecule is O=c1[nH]cnc2cc(CS(=O)[O-])ccc12. The lowest BCUT2D eigenvalue weighted by Gasteiger charge is -2.05. The molecule has 1 unspecified atom stereocenters. The highest BCUT2D eigenvalue weighted by Gasteiger charge is 2.00. The summed E-state index contributed by atoms with van der Waals surface area (Å²) in [6, 6.07) is 4.78. The first-order valence-corrected chi connectivity index (χ1v) is 5.43. The summed E-state index contributed by atoms with van der Waals surface area (Å²) in [4.78, 5) is 17.7. The third-order valence-electron chi connectivity index (χ3n) is 1.99. The van der Waals surface area contributed by atoms with E-state index in [2.05, 4.69) is 9.97 Å². The molecule has 2 rings (SSSR count). The number of aromatic amines is 1. The van der Waals surface area contributed by atoms with Gasteiger partial charge >= 0.3 is 0 Å². The van der Waals surface area contributed by atoms with Gasteiger partial charge < -0.3 is 9.54 Å². The maximum atomic E-state index is 11.3. The molecule has 0 radical (unpaired) electrons. The molecule has 0 saturated carbocycles. The molecular formula is C9H7N2O3S-. The van der Waals surface area contributed by atoms with E-state index in [4.69, 9.17) is 0 Å². The van der Waals surface area contributed by atoms with Crippen LogP contribution in [0.25, 0.3) is 10.9 Å². The van der Waals surface area contributed by atoms with Crippen molar-refractivity contribution in [1.82, 2.24) is 9.97 Å². The minimum Gasteiger partial charge on any atom is -0.772 e. The molecule has 0 bridgehead atoms. The molecule has 78 valence electrons. The van der Waals surface area contributed by atoms with Crippen LogP contribution < -0.4 is 5.56 Å². The maximum absolute atomic E-state index is 11.3. The Hall–Kier alpha value is -1.53. The van der Waals surface area contributed by atoms with Crippen molar-refractivity contribution in [2.75, 3.05) is 0 Å². The number of nitrogens with zero attached hydrogens (tertiary/aromatic N) is 1. The Bertz CT molecular complexity index is 579. The Morgan fingerprint density at radius 2 is 2.27 bits per heavy atom. The molecule has 1 atom stereocenters. The van der Waals surface area contributed by atoms with E-state index in [1.165, 1.54) is 6.33 Å². The van der Waals surface area contributed by atoms with Gasteiger partial charge in [-0.1, -0.05) is 17.1 Å². The lowest BCUT2D eigenvalue weighted by Crippen LogP contribution is -2.06.